The molecular weight excluding hydrogens is 258 g/mol. The van der Waals surface area contributed by atoms with E-state index in [0.717, 1.165) is 65.3 Å². The second-order valence-corrected chi connectivity index (χ2v) is 6.12. The van der Waals surface area contributed by atoms with E-state index in [0.29, 0.717) is 12.0 Å². The molecule has 1 spiro atoms. The van der Waals surface area contributed by atoms with Gasteiger partial charge in [0.25, 0.3) is 0 Å². The van der Waals surface area contributed by atoms with Crippen molar-refractivity contribution >= 4 is 0 Å². The molecule has 1 saturated carbocycles. The van der Waals surface area contributed by atoms with Crippen LogP contribution in [0.5, 0.6) is 0 Å². The Morgan fingerprint density at radius 1 is 1.20 bits per heavy atom. The molecule has 20 heavy (non-hydrogen) atoms. The zero-order valence-corrected chi connectivity index (χ0v) is 12.4. The van der Waals surface area contributed by atoms with Gasteiger partial charge in [-0.25, -0.2) is 0 Å². The van der Waals surface area contributed by atoms with Crippen LogP contribution < -0.4 is 5.32 Å². The lowest BCUT2D eigenvalue weighted by molar-refractivity contribution is -0.208. The van der Waals surface area contributed by atoms with Crippen LogP contribution in [0.25, 0.3) is 0 Å². The van der Waals surface area contributed by atoms with E-state index < -0.39 is 0 Å². The predicted molar refractivity (Wildman–Crippen MR) is 74.6 cm³/mol. The van der Waals surface area contributed by atoms with Crippen molar-refractivity contribution in [2.75, 3.05) is 39.6 Å². The summed E-state index contributed by atoms with van der Waals surface area (Å²) in [6.07, 6.45) is 4.17. The Morgan fingerprint density at radius 2 is 2.05 bits per heavy atom. The Morgan fingerprint density at radius 3 is 2.75 bits per heavy atom. The van der Waals surface area contributed by atoms with E-state index in [9.17, 15) is 0 Å². The summed E-state index contributed by atoms with van der Waals surface area (Å²) in [6, 6.07) is 0.417. The molecule has 3 unspecified atom stereocenters. The molecule has 3 fully saturated rings. The first kappa shape index (κ1) is 14.7. The summed E-state index contributed by atoms with van der Waals surface area (Å²) in [4.78, 5) is 0. The maximum atomic E-state index is 6.22. The normalized spacial score (nSPS) is 36.8. The molecule has 3 rings (SSSR count). The van der Waals surface area contributed by atoms with E-state index >= 15 is 0 Å². The van der Waals surface area contributed by atoms with Crippen LogP contribution in [0.2, 0.25) is 0 Å². The second kappa shape index (κ2) is 6.71. The summed E-state index contributed by atoms with van der Waals surface area (Å²) in [7, 11) is 0. The monoisotopic (exact) mass is 285 g/mol. The van der Waals surface area contributed by atoms with Gasteiger partial charge in [-0.2, -0.15) is 0 Å². The molecule has 0 radical (unpaired) electrons. The SMILES string of the molecule is CCNC1CCC2(CC1OCC1CCOC1)OCCO2. The van der Waals surface area contributed by atoms with E-state index in [1.54, 1.807) is 0 Å². The molecule has 3 atom stereocenters. The third kappa shape index (κ3) is 3.34. The maximum Gasteiger partial charge on any atom is 0.171 e. The Bertz CT molecular complexity index is 300. The van der Waals surface area contributed by atoms with Crippen molar-refractivity contribution in [3.05, 3.63) is 0 Å². The van der Waals surface area contributed by atoms with Crippen LogP contribution >= 0.6 is 0 Å². The number of nitrogens with one attached hydrogen (secondary N) is 1. The molecule has 5 heteroatoms. The highest BCUT2D eigenvalue weighted by Gasteiger charge is 2.45. The fourth-order valence-electron chi connectivity index (χ4n) is 3.52. The van der Waals surface area contributed by atoms with Crippen LogP contribution in [0.3, 0.4) is 0 Å². The zero-order chi connectivity index (χ0) is 13.8. The molecule has 0 aromatic carbocycles. The topological polar surface area (TPSA) is 49.0 Å². The molecule has 1 aliphatic carbocycles. The van der Waals surface area contributed by atoms with Crippen molar-refractivity contribution in [3.63, 3.8) is 0 Å². The van der Waals surface area contributed by atoms with Gasteiger partial charge in [0, 0.05) is 31.4 Å². The van der Waals surface area contributed by atoms with Gasteiger partial charge in [0.15, 0.2) is 5.79 Å². The summed E-state index contributed by atoms with van der Waals surface area (Å²) < 4.78 is 23.3. The van der Waals surface area contributed by atoms with Crippen molar-refractivity contribution in [2.24, 2.45) is 5.92 Å². The first-order valence-electron chi connectivity index (χ1n) is 8.02. The van der Waals surface area contributed by atoms with Gasteiger partial charge in [-0.3, -0.25) is 0 Å². The van der Waals surface area contributed by atoms with Crippen molar-refractivity contribution in [2.45, 2.75) is 50.5 Å². The molecule has 0 aromatic rings. The summed E-state index contributed by atoms with van der Waals surface area (Å²) in [5.74, 6) is 0.184. The Kier molecular flexibility index (Phi) is 4.94. The number of ether oxygens (including phenoxy) is 4. The van der Waals surface area contributed by atoms with E-state index in [1.165, 1.54) is 0 Å². The highest BCUT2D eigenvalue weighted by Crippen LogP contribution is 2.37. The molecule has 2 saturated heterocycles. The zero-order valence-electron chi connectivity index (χ0n) is 12.4. The van der Waals surface area contributed by atoms with Crippen LogP contribution in [0.15, 0.2) is 0 Å². The van der Waals surface area contributed by atoms with Gasteiger partial charge in [-0.1, -0.05) is 6.92 Å². The molecule has 0 aromatic heterocycles. The van der Waals surface area contributed by atoms with Gasteiger partial charge in [0.05, 0.1) is 32.5 Å². The number of likely N-dealkylation sites (N-methyl/N-ethyl adjacent to an activating group) is 1. The van der Waals surface area contributed by atoms with Crippen LogP contribution in [0.1, 0.15) is 32.6 Å². The standard InChI is InChI=1S/C15H27NO4/c1-2-16-13-3-5-15(19-7-8-20-15)9-14(13)18-11-12-4-6-17-10-12/h12-14,16H,2-11H2,1H3. The molecule has 2 heterocycles. The van der Waals surface area contributed by atoms with Crippen molar-refractivity contribution in [1.29, 1.82) is 0 Å². The molecule has 0 amide bonds. The smallest absolute Gasteiger partial charge is 0.171 e. The first-order chi connectivity index (χ1) is 9.81. The molecule has 2 aliphatic heterocycles. The van der Waals surface area contributed by atoms with Crippen LogP contribution in [0.4, 0.5) is 0 Å². The lowest BCUT2D eigenvalue weighted by atomic mass is 9.87. The lowest BCUT2D eigenvalue weighted by Gasteiger charge is -2.41. The van der Waals surface area contributed by atoms with Gasteiger partial charge in [-0.15, -0.1) is 0 Å². The van der Waals surface area contributed by atoms with Crippen LogP contribution in [0, 0.1) is 5.92 Å². The molecular formula is C15H27NO4. The number of rotatable bonds is 5. The van der Waals surface area contributed by atoms with Gasteiger partial charge in [-0.05, 0) is 19.4 Å². The van der Waals surface area contributed by atoms with Crippen LogP contribution in [-0.2, 0) is 18.9 Å². The summed E-state index contributed by atoms with van der Waals surface area (Å²) >= 11 is 0. The number of hydrogen-bond acceptors (Lipinski definition) is 5. The predicted octanol–water partition coefficient (Wildman–Crippen LogP) is 1.31. The van der Waals surface area contributed by atoms with E-state index in [2.05, 4.69) is 12.2 Å². The molecule has 116 valence electrons. The van der Waals surface area contributed by atoms with Gasteiger partial charge < -0.3 is 24.3 Å². The highest BCUT2D eigenvalue weighted by atomic mass is 16.7. The summed E-state index contributed by atoms with van der Waals surface area (Å²) in [6.45, 7) is 7.08. The largest absolute Gasteiger partial charge is 0.381 e. The van der Waals surface area contributed by atoms with E-state index in [4.69, 9.17) is 18.9 Å². The molecule has 1 N–H and O–H groups in total. The van der Waals surface area contributed by atoms with Gasteiger partial charge in [0.1, 0.15) is 0 Å². The fraction of sp³-hybridized carbons (Fsp3) is 1.00. The molecule has 0 bridgehead atoms. The Labute approximate surface area is 121 Å². The summed E-state index contributed by atoms with van der Waals surface area (Å²) in [5, 5.41) is 3.55. The first-order valence-corrected chi connectivity index (χ1v) is 8.02. The third-order valence-electron chi connectivity index (χ3n) is 4.65. The molecule has 5 nitrogen and oxygen atoms in total. The second-order valence-electron chi connectivity index (χ2n) is 6.12. The third-order valence-corrected chi connectivity index (χ3v) is 4.65. The quantitative estimate of drug-likeness (QED) is 0.825. The Hall–Kier alpha value is -0.200. The van der Waals surface area contributed by atoms with Gasteiger partial charge >= 0.3 is 0 Å². The average Bonchev–Trinajstić information content (AvgIpc) is 3.12. The molecule has 3 aliphatic rings. The average molecular weight is 285 g/mol. The highest BCUT2D eigenvalue weighted by molar-refractivity contribution is 4.92. The van der Waals surface area contributed by atoms with Gasteiger partial charge in [0.2, 0.25) is 0 Å². The van der Waals surface area contributed by atoms with Crippen molar-refractivity contribution in [1.82, 2.24) is 5.32 Å². The van der Waals surface area contributed by atoms with Crippen LogP contribution in [-0.4, -0.2) is 57.5 Å². The van der Waals surface area contributed by atoms with Crippen molar-refractivity contribution < 1.29 is 18.9 Å². The van der Waals surface area contributed by atoms with E-state index in [-0.39, 0.29) is 11.9 Å². The lowest BCUT2D eigenvalue weighted by Crippen LogP contribution is -2.52. The number of hydrogen-bond donors (Lipinski definition) is 1. The fourth-order valence-corrected chi connectivity index (χ4v) is 3.52. The van der Waals surface area contributed by atoms with E-state index in [1.807, 2.05) is 0 Å². The minimum atomic E-state index is -0.372. The maximum absolute atomic E-state index is 6.22. The van der Waals surface area contributed by atoms with Crippen molar-refractivity contribution in [3.8, 4) is 0 Å². The summed E-state index contributed by atoms with van der Waals surface area (Å²) in [5.41, 5.74) is 0. The minimum absolute atomic E-state index is 0.183. The Balaban J connectivity index is 1.56. The minimum Gasteiger partial charge on any atom is -0.381 e.